The molecule has 0 heterocycles. The van der Waals surface area contributed by atoms with E-state index in [1.54, 1.807) is 19.9 Å². The summed E-state index contributed by atoms with van der Waals surface area (Å²) in [6.45, 7) is 3.28. The molecule has 0 aliphatic heterocycles. The predicted octanol–water partition coefficient (Wildman–Crippen LogP) is 2.89. The van der Waals surface area contributed by atoms with Crippen LogP contribution in [0.2, 0.25) is 0 Å². The third-order valence-corrected chi connectivity index (χ3v) is 3.64. The quantitative estimate of drug-likeness (QED) is 0.650. The predicted molar refractivity (Wildman–Crippen MR) is 86.1 cm³/mol. The Morgan fingerprint density at radius 1 is 1.25 bits per heavy atom. The Morgan fingerprint density at radius 3 is 2.46 bits per heavy atom. The van der Waals surface area contributed by atoms with Gasteiger partial charge in [-0.15, -0.1) is 0 Å². The first-order chi connectivity index (χ1) is 11.3. The number of nitrogens with zero attached hydrogens (tertiary/aromatic N) is 1. The first-order valence-corrected chi connectivity index (χ1v) is 7.29. The molecule has 0 fully saturated rings. The molecule has 0 bridgehead atoms. The average Bonchev–Trinajstić information content (AvgIpc) is 2.54. The first-order valence-electron chi connectivity index (χ1n) is 7.29. The molecule has 0 aliphatic carbocycles. The summed E-state index contributed by atoms with van der Waals surface area (Å²) in [4.78, 5) is 22.8. The van der Waals surface area contributed by atoms with Crippen molar-refractivity contribution < 1.29 is 19.2 Å². The number of nitro benzene ring substituents is 1. The van der Waals surface area contributed by atoms with Gasteiger partial charge in [-0.1, -0.05) is 18.2 Å². The van der Waals surface area contributed by atoms with Crippen LogP contribution in [-0.2, 0) is 0 Å². The summed E-state index contributed by atoms with van der Waals surface area (Å²) in [5, 5.41) is 23.8. The number of aliphatic hydroxyl groups excluding tert-OH is 1. The van der Waals surface area contributed by atoms with Crippen molar-refractivity contribution in [1.82, 2.24) is 5.32 Å². The monoisotopic (exact) mass is 332 g/mol. The van der Waals surface area contributed by atoms with Gasteiger partial charge >= 0.3 is 0 Å². The third kappa shape index (κ3) is 3.94. The molecule has 126 valence electrons. The van der Waals surface area contributed by atoms with Gasteiger partial charge in [0.15, 0.2) is 0 Å². The third-order valence-electron chi connectivity index (χ3n) is 3.64. The highest BCUT2D eigenvalue weighted by atomic mass is 19.1. The molecule has 0 saturated heterocycles. The molecule has 0 aromatic heterocycles. The van der Waals surface area contributed by atoms with Crippen LogP contribution in [0.1, 0.15) is 34.5 Å². The van der Waals surface area contributed by atoms with Crippen molar-refractivity contribution in [2.24, 2.45) is 0 Å². The first kappa shape index (κ1) is 17.6. The van der Waals surface area contributed by atoms with Crippen LogP contribution in [0.15, 0.2) is 42.5 Å². The number of nitro groups is 1. The highest BCUT2D eigenvalue weighted by Crippen LogP contribution is 2.22. The summed E-state index contributed by atoms with van der Waals surface area (Å²) in [6.07, 6.45) is -1.07. The lowest BCUT2D eigenvalue weighted by Crippen LogP contribution is -2.37. The van der Waals surface area contributed by atoms with E-state index >= 15 is 0 Å². The van der Waals surface area contributed by atoms with E-state index in [9.17, 15) is 24.4 Å². The Bertz CT molecular complexity index is 762. The molecule has 2 aromatic rings. The highest BCUT2D eigenvalue weighted by Gasteiger charge is 2.24. The Balaban J connectivity index is 2.18. The number of rotatable bonds is 5. The van der Waals surface area contributed by atoms with Crippen molar-refractivity contribution in [3.8, 4) is 0 Å². The molecule has 24 heavy (non-hydrogen) atoms. The van der Waals surface area contributed by atoms with Gasteiger partial charge in [-0.05, 0) is 43.2 Å². The normalized spacial score (nSPS) is 13.2. The van der Waals surface area contributed by atoms with Crippen LogP contribution in [0.5, 0.6) is 0 Å². The summed E-state index contributed by atoms with van der Waals surface area (Å²) < 4.78 is 12.9. The van der Waals surface area contributed by atoms with Crippen LogP contribution >= 0.6 is 0 Å². The minimum absolute atomic E-state index is 0.0712. The summed E-state index contributed by atoms with van der Waals surface area (Å²) in [6, 6.07) is 8.76. The van der Waals surface area contributed by atoms with Gasteiger partial charge in [0.05, 0.1) is 17.1 Å². The summed E-state index contributed by atoms with van der Waals surface area (Å²) in [5.74, 6) is -1.09. The number of hydrogen-bond donors (Lipinski definition) is 2. The maximum atomic E-state index is 12.9. The topological polar surface area (TPSA) is 92.5 Å². The lowest BCUT2D eigenvalue weighted by atomic mass is 10.0. The molecule has 2 aromatic carbocycles. The number of hydrogen-bond acceptors (Lipinski definition) is 4. The van der Waals surface area contributed by atoms with E-state index in [0.29, 0.717) is 11.1 Å². The Hall–Kier alpha value is -2.80. The molecule has 0 aliphatic rings. The van der Waals surface area contributed by atoms with Crippen LogP contribution < -0.4 is 5.32 Å². The van der Waals surface area contributed by atoms with Gasteiger partial charge < -0.3 is 10.4 Å². The maximum Gasteiger partial charge on any atom is 0.282 e. The van der Waals surface area contributed by atoms with Crippen LogP contribution in [0.25, 0.3) is 0 Å². The van der Waals surface area contributed by atoms with E-state index in [2.05, 4.69) is 5.32 Å². The zero-order valence-corrected chi connectivity index (χ0v) is 13.2. The van der Waals surface area contributed by atoms with E-state index in [1.807, 2.05) is 0 Å². The lowest BCUT2D eigenvalue weighted by molar-refractivity contribution is -0.385. The fourth-order valence-electron chi connectivity index (χ4n) is 2.30. The molecule has 1 amide bonds. The summed E-state index contributed by atoms with van der Waals surface area (Å²) >= 11 is 0. The van der Waals surface area contributed by atoms with E-state index in [1.165, 1.54) is 36.4 Å². The zero-order chi connectivity index (χ0) is 17.9. The van der Waals surface area contributed by atoms with Crippen molar-refractivity contribution in [2.75, 3.05) is 0 Å². The Labute approximate surface area is 138 Å². The van der Waals surface area contributed by atoms with Gasteiger partial charge in [0.25, 0.3) is 11.6 Å². The van der Waals surface area contributed by atoms with Crippen LogP contribution in [0, 0.1) is 22.9 Å². The Kier molecular flexibility index (Phi) is 5.25. The van der Waals surface area contributed by atoms with Gasteiger partial charge in [0.1, 0.15) is 11.4 Å². The minimum Gasteiger partial charge on any atom is -0.386 e. The zero-order valence-electron chi connectivity index (χ0n) is 13.2. The van der Waals surface area contributed by atoms with Crippen molar-refractivity contribution >= 4 is 11.6 Å². The Morgan fingerprint density at radius 2 is 1.88 bits per heavy atom. The number of halogens is 1. The van der Waals surface area contributed by atoms with Crippen molar-refractivity contribution in [3.63, 3.8) is 0 Å². The number of nitrogens with one attached hydrogen (secondary N) is 1. The second kappa shape index (κ2) is 7.18. The van der Waals surface area contributed by atoms with Crippen LogP contribution in [0.3, 0.4) is 0 Å². The van der Waals surface area contributed by atoms with E-state index < -0.39 is 28.8 Å². The number of carbonyl (C=O) groups excluding carboxylic acids is 1. The molecular formula is C17H17FN2O4. The molecule has 2 atom stereocenters. The second-order valence-corrected chi connectivity index (χ2v) is 5.54. The highest BCUT2D eigenvalue weighted by molar-refractivity contribution is 5.98. The number of benzene rings is 2. The second-order valence-electron chi connectivity index (χ2n) is 5.54. The van der Waals surface area contributed by atoms with E-state index in [0.717, 1.165) is 0 Å². The molecular weight excluding hydrogens is 315 g/mol. The molecule has 0 radical (unpaired) electrons. The molecule has 0 saturated carbocycles. The van der Waals surface area contributed by atoms with E-state index in [-0.39, 0.29) is 11.3 Å². The molecule has 2 N–H and O–H groups in total. The van der Waals surface area contributed by atoms with Gasteiger partial charge in [0.2, 0.25) is 0 Å². The number of carbonyl (C=O) groups is 1. The van der Waals surface area contributed by atoms with Gasteiger partial charge in [-0.25, -0.2) is 4.39 Å². The van der Waals surface area contributed by atoms with Gasteiger partial charge in [0, 0.05) is 6.07 Å². The molecule has 0 spiro atoms. The van der Waals surface area contributed by atoms with Crippen molar-refractivity contribution in [3.05, 3.63) is 75.1 Å². The maximum absolute atomic E-state index is 12.9. The van der Waals surface area contributed by atoms with E-state index in [4.69, 9.17) is 0 Å². The molecule has 6 nitrogen and oxygen atoms in total. The van der Waals surface area contributed by atoms with Crippen molar-refractivity contribution in [1.29, 1.82) is 0 Å². The largest absolute Gasteiger partial charge is 0.386 e. The average molecular weight is 332 g/mol. The molecule has 2 unspecified atom stereocenters. The smallest absolute Gasteiger partial charge is 0.282 e. The number of aryl methyl sites for hydroxylation is 1. The fraction of sp³-hybridized carbons (Fsp3) is 0.235. The number of aliphatic hydroxyl groups is 1. The number of amides is 1. The SMILES string of the molecule is Cc1ccc([N+](=O)[O-])c(C(=O)NC(C)C(O)c2ccc(F)cc2)c1. The molecule has 2 rings (SSSR count). The van der Waals surface area contributed by atoms with Gasteiger partial charge in [-0.3, -0.25) is 14.9 Å². The minimum atomic E-state index is -1.07. The fourth-order valence-corrected chi connectivity index (χ4v) is 2.30. The summed E-state index contributed by atoms with van der Waals surface area (Å²) in [7, 11) is 0. The lowest BCUT2D eigenvalue weighted by Gasteiger charge is -2.20. The van der Waals surface area contributed by atoms with Crippen LogP contribution in [0.4, 0.5) is 10.1 Å². The van der Waals surface area contributed by atoms with Crippen molar-refractivity contribution in [2.45, 2.75) is 26.0 Å². The van der Waals surface area contributed by atoms with Crippen LogP contribution in [-0.4, -0.2) is 22.0 Å². The molecule has 7 heteroatoms. The standard InChI is InChI=1S/C17H17FN2O4/c1-10-3-8-15(20(23)24)14(9-10)17(22)19-11(2)16(21)12-4-6-13(18)7-5-12/h3-9,11,16,21H,1-2H3,(H,19,22). The summed E-state index contributed by atoms with van der Waals surface area (Å²) in [5.41, 5.74) is 0.764. The van der Waals surface area contributed by atoms with Gasteiger partial charge in [-0.2, -0.15) is 0 Å².